The van der Waals surface area contributed by atoms with Crippen LogP contribution < -0.4 is 5.32 Å². The number of piperidine rings is 3. The molecule has 4 fully saturated rings. The minimum Gasteiger partial charge on any atom is -0.351 e. The maximum Gasteiger partial charge on any atom is 0.237 e. The van der Waals surface area contributed by atoms with Crippen molar-refractivity contribution in [1.29, 1.82) is 0 Å². The monoisotopic (exact) mass is 345 g/mol. The lowest BCUT2D eigenvalue weighted by Gasteiger charge is -2.44. The number of nitrogens with zero attached hydrogens (tertiary/aromatic N) is 2. The Balaban J connectivity index is 1.22. The van der Waals surface area contributed by atoms with Gasteiger partial charge in [-0.3, -0.25) is 9.69 Å². The largest absolute Gasteiger partial charge is 0.351 e. The van der Waals surface area contributed by atoms with Crippen LogP contribution in [0.15, 0.2) is 24.3 Å². The minimum atomic E-state index is -0.181. The molecule has 1 aromatic carbocycles. The van der Waals surface area contributed by atoms with Crippen LogP contribution in [0.25, 0.3) is 0 Å². The Morgan fingerprint density at radius 1 is 1.12 bits per heavy atom. The van der Waals surface area contributed by atoms with Crippen molar-refractivity contribution in [3.05, 3.63) is 35.6 Å². The summed E-state index contributed by atoms with van der Waals surface area (Å²) in [5.41, 5.74) is 1.17. The molecule has 4 nitrogen and oxygen atoms in total. The van der Waals surface area contributed by atoms with Crippen molar-refractivity contribution in [2.45, 2.75) is 44.2 Å². The molecule has 2 atom stereocenters. The third kappa shape index (κ3) is 4.04. The first-order valence-corrected chi connectivity index (χ1v) is 9.68. The molecule has 4 heterocycles. The second-order valence-electron chi connectivity index (χ2n) is 7.90. The van der Waals surface area contributed by atoms with E-state index in [-0.39, 0.29) is 23.8 Å². The van der Waals surface area contributed by atoms with Crippen LogP contribution in [0.2, 0.25) is 0 Å². The number of likely N-dealkylation sites (tertiary alicyclic amines) is 1. The van der Waals surface area contributed by atoms with Gasteiger partial charge < -0.3 is 10.2 Å². The Morgan fingerprint density at radius 3 is 2.56 bits per heavy atom. The number of hydrogen-bond acceptors (Lipinski definition) is 3. The van der Waals surface area contributed by atoms with Crippen LogP contribution in [-0.2, 0) is 11.2 Å². The molecule has 4 aliphatic heterocycles. The van der Waals surface area contributed by atoms with Crippen LogP contribution in [-0.4, -0.2) is 60.5 Å². The molecule has 4 saturated heterocycles. The van der Waals surface area contributed by atoms with Crippen molar-refractivity contribution in [3.8, 4) is 0 Å². The minimum absolute atomic E-state index is 0.112. The highest BCUT2D eigenvalue weighted by molar-refractivity contribution is 5.82. The molecular weight excluding hydrogens is 317 g/mol. The Kier molecular flexibility index (Phi) is 5.04. The summed E-state index contributed by atoms with van der Waals surface area (Å²) in [4.78, 5) is 17.4. The molecule has 0 spiro atoms. The Labute approximate surface area is 149 Å². The summed E-state index contributed by atoms with van der Waals surface area (Å²) >= 11 is 0. The van der Waals surface area contributed by atoms with Crippen molar-refractivity contribution in [2.75, 3.05) is 32.7 Å². The summed E-state index contributed by atoms with van der Waals surface area (Å²) in [6.07, 6.45) is 5.55. The van der Waals surface area contributed by atoms with Gasteiger partial charge in [0.1, 0.15) is 5.82 Å². The standard InChI is InChI=1S/C20H28FN3O/c21-17-3-1-15(2-4-17)5-9-23-10-8-18(14-23)22-20(25)19-13-16-6-11-24(19)12-7-16/h1-4,16,18-19H,5-14H2,(H,22,25). The van der Waals surface area contributed by atoms with E-state index in [0.29, 0.717) is 0 Å². The van der Waals surface area contributed by atoms with Crippen molar-refractivity contribution >= 4 is 5.91 Å². The van der Waals surface area contributed by atoms with Gasteiger partial charge in [0, 0.05) is 25.7 Å². The molecule has 25 heavy (non-hydrogen) atoms. The van der Waals surface area contributed by atoms with Crippen molar-refractivity contribution in [3.63, 3.8) is 0 Å². The number of amides is 1. The number of carbonyl (C=O) groups excluding carboxylic acids is 1. The quantitative estimate of drug-likeness (QED) is 0.887. The van der Waals surface area contributed by atoms with E-state index < -0.39 is 0 Å². The number of nitrogens with one attached hydrogen (secondary N) is 1. The zero-order chi connectivity index (χ0) is 17.2. The molecule has 0 saturated carbocycles. The Hall–Kier alpha value is -1.46. The second-order valence-corrected chi connectivity index (χ2v) is 7.90. The lowest BCUT2D eigenvalue weighted by molar-refractivity contribution is -0.131. The fourth-order valence-electron chi connectivity index (χ4n) is 4.63. The summed E-state index contributed by atoms with van der Waals surface area (Å²) in [7, 11) is 0. The molecule has 0 aliphatic carbocycles. The first-order valence-electron chi connectivity index (χ1n) is 9.68. The van der Waals surface area contributed by atoms with E-state index >= 15 is 0 Å². The molecule has 2 unspecified atom stereocenters. The van der Waals surface area contributed by atoms with Crippen LogP contribution >= 0.6 is 0 Å². The van der Waals surface area contributed by atoms with Crippen molar-refractivity contribution < 1.29 is 9.18 Å². The molecule has 0 aromatic heterocycles. The van der Waals surface area contributed by atoms with Crippen molar-refractivity contribution in [2.24, 2.45) is 5.92 Å². The lowest BCUT2D eigenvalue weighted by Crippen LogP contribution is -2.56. The highest BCUT2D eigenvalue weighted by Gasteiger charge is 2.38. The van der Waals surface area contributed by atoms with Gasteiger partial charge in [0.05, 0.1) is 6.04 Å². The normalized spacial score (nSPS) is 32.0. The number of benzene rings is 1. The van der Waals surface area contributed by atoms with Gasteiger partial charge in [-0.25, -0.2) is 4.39 Å². The molecule has 5 rings (SSSR count). The second kappa shape index (κ2) is 7.42. The average molecular weight is 345 g/mol. The van der Waals surface area contributed by atoms with Gasteiger partial charge in [-0.15, -0.1) is 0 Å². The zero-order valence-electron chi connectivity index (χ0n) is 14.8. The van der Waals surface area contributed by atoms with Gasteiger partial charge in [-0.2, -0.15) is 0 Å². The van der Waals surface area contributed by atoms with E-state index in [0.717, 1.165) is 57.9 Å². The van der Waals surface area contributed by atoms with E-state index in [1.807, 2.05) is 12.1 Å². The third-order valence-electron chi connectivity index (χ3n) is 6.20. The topological polar surface area (TPSA) is 35.6 Å². The maximum absolute atomic E-state index is 13.0. The smallest absolute Gasteiger partial charge is 0.237 e. The summed E-state index contributed by atoms with van der Waals surface area (Å²) in [6, 6.07) is 7.16. The number of carbonyl (C=O) groups is 1. The number of rotatable bonds is 5. The summed E-state index contributed by atoms with van der Waals surface area (Å²) in [5, 5.41) is 3.30. The van der Waals surface area contributed by atoms with E-state index in [1.165, 1.54) is 30.5 Å². The molecular formula is C20H28FN3O. The third-order valence-corrected chi connectivity index (χ3v) is 6.20. The van der Waals surface area contributed by atoms with Gasteiger partial charge in [-0.05, 0) is 68.8 Å². The van der Waals surface area contributed by atoms with Gasteiger partial charge in [0.15, 0.2) is 0 Å². The predicted octanol–water partition coefficient (Wildman–Crippen LogP) is 2.04. The van der Waals surface area contributed by atoms with E-state index in [2.05, 4.69) is 15.1 Å². The van der Waals surface area contributed by atoms with Gasteiger partial charge in [0.2, 0.25) is 5.91 Å². The SMILES string of the molecule is O=C(NC1CCN(CCc2ccc(F)cc2)C1)C1CC2CCN1CC2. The molecule has 0 radical (unpaired) electrons. The van der Waals surface area contributed by atoms with Gasteiger partial charge >= 0.3 is 0 Å². The average Bonchev–Trinajstić information content (AvgIpc) is 3.09. The summed E-state index contributed by atoms with van der Waals surface area (Å²) in [6.45, 7) is 5.12. The summed E-state index contributed by atoms with van der Waals surface area (Å²) in [5.74, 6) is 0.825. The fourth-order valence-corrected chi connectivity index (χ4v) is 4.63. The highest BCUT2D eigenvalue weighted by atomic mass is 19.1. The van der Waals surface area contributed by atoms with Crippen LogP contribution in [0.3, 0.4) is 0 Å². The number of halogens is 1. The van der Waals surface area contributed by atoms with E-state index in [9.17, 15) is 9.18 Å². The zero-order valence-corrected chi connectivity index (χ0v) is 14.8. The van der Waals surface area contributed by atoms with Gasteiger partial charge in [-0.1, -0.05) is 12.1 Å². The lowest BCUT2D eigenvalue weighted by atomic mass is 9.83. The molecule has 5 heteroatoms. The van der Waals surface area contributed by atoms with Crippen LogP contribution in [0.1, 0.15) is 31.2 Å². The Morgan fingerprint density at radius 2 is 1.88 bits per heavy atom. The van der Waals surface area contributed by atoms with Gasteiger partial charge in [0.25, 0.3) is 0 Å². The molecule has 1 aromatic rings. The summed E-state index contributed by atoms with van der Waals surface area (Å²) < 4.78 is 13.0. The van der Waals surface area contributed by atoms with Crippen LogP contribution in [0, 0.1) is 11.7 Å². The van der Waals surface area contributed by atoms with Crippen LogP contribution in [0.5, 0.6) is 0 Å². The highest BCUT2D eigenvalue weighted by Crippen LogP contribution is 2.31. The maximum atomic E-state index is 13.0. The number of hydrogen-bond donors (Lipinski definition) is 1. The first kappa shape index (κ1) is 17.0. The molecule has 2 bridgehead atoms. The van der Waals surface area contributed by atoms with E-state index in [4.69, 9.17) is 0 Å². The Bertz CT molecular complexity index is 597. The fraction of sp³-hybridized carbons (Fsp3) is 0.650. The molecule has 1 N–H and O–H groups in total. The molecule has 4 aliphatic rings. The van der Waals surface area contributed by atoms with Crippen molar-refractivity contribution in [1.82, 2.24) is 15.1 Å². The van der Waals surface area contributed by atoms with Crippen LogP contribution in [0.4, 0.5) is 4.39 Å². The molecule has 136 valence electrons. The predicted molar refractivity (Wildman–Crippen MR) is 95.8 cm³/mol. The first-order chi connectivity index (χ1) is 12.2. The molecule has 1 amide bonds. The van der Waals surface area contributed by atoms with E-state index in [1.54, 1.807) is 0 Å². The number of fused-ring (bicyclic) bond motifs is 3.